The second-order valence-electron chi connectivity index (χ2n) is 7.67. The van der Waals surface area contributed by atoms with Crippen molar-refractivity contribution in [2.45, 2.75) is 44.7 Å². The number of anilines is 1. The first-order valence-corrected chi connectivity index (χ1v) is 10.1. The van der Waals surface area contributed by atoms with Crippen LogP contribution in [0.2, 0.25) is 0 Å². The summed E-state index contributed by atoms with van der Waals surface area (Å²) in [5, 5.41) is 7.95. The van der Waals surface area contributed by atoms with Crippen molar-refractivity contribution in [3.05, 3.63) is 52.7 Å². The topological polar surface area (TPSA) is 95.9 Å². The Labute approximate surface area is 168 Å². The van der Waals surface area contributed by atoms with E-state index in [0.29, 0.717) is 42.3 Å². The molecule has 1 saturated carbocycles. The minimum atomic E-state index is -0.142. The molecule has 8 nitrogen and oxygen atoms in total. The third-order valence-corrected chi connectivity index (χ3v) is 5.41. The Balaban J connectivity index is 1.32. The van der Waals surface area contributed by atoms with Crippen LogP contribution in [0.25, 0.3) is 10.9 Å². The predicted octanol–water partition coefficient (Wildman–Crippen LogP) is 2.70. The second kappa shape index (κ2) is 8.57. The number of nitrogens with one attached hydrogen (secondary N) is 2. The number of amides is 1. The third kappa shape index (κ3) is 4.54. The van der Waals surface area contributed by atoms with Crippen molar-refractivity contribution in [2.24, 2.45) is 0 Å². The van der Waals surface area contributed by atoms with E-state index in [1.54, 1.807) is 12.3 Å². The zero-order valence-electron chi connectivity index (χ0n) is 16.6. The fourth-order valence-corrected chi connectivity index (χ4v) is 3.90. The van der Waals surface area contributed by atoms with Gasteiger partial charge in [0.1, 0.15) is 11.6 Å². The summed E-state index contributed by atoms with van der Waals surface area (Å²) >= 11 is 0. The van der Waals surface area contributed by atoms with Gasteiger partial charge in [0.2, 0.25) is 5.91 Å². The van der Waals surface area contributed by atoms with Gasteiger partial charge in [0.25, 0.3) is 5.56 Å². The van der Waals surface area contributed by atoms with Gasteiger partial charge in [-0.05, 0) is 32.0 Å². The van der Waals surface area contributed by atoms with Crippen molar-refractivity contribution < 1.29 is 4.79 Å². The fourth-order valence-electron chi connectivity index (χ4n) is 3.90. The molecule has 2 aromatic heterocycles. The van der Waals surface area contributed by atoms with Gasteiger partial charge in [0, 0.05) is 19.0 Å². The van der Waals surface area contributed by atoms with Crippen molar-refractivity contribution in [1.82, 2.24) is 24.6 Å². The van der Waals surface area contributed by atoms with Crippen molar-refractivity contribution in [2.75, 3.05) is 18.9 Å². The van der Waals surface area contributed by atoms with Gasteiger partial charge in [-0.25, -0.2) is 9.67 Å². The van der Waals surface area contributed by atoms with Crippen molar-refractivity contribution in [3.8, 4) is 0 Å². The summed E-state index contributed by atoms with van der Waals surface area (Å²) < 4.78 is 1.94. The number of H-pyrrole nitrogens is 1. The average Bonchev–Trinajstić information content (AvgIpc) is 3.38. The molecule has 8 heteroatoms. The predicted molar refractivity (Wildman–Crippen MR) is 112 cm³/mol. The van der Waals surface area contributed by atoms with Gasteiger partial charge >= 0.3 is 0 Å². The van der Waals surface area contributed by atoms with Crippen LogP contribution in [0.3, 0.4) is 0 Å². The van der Waals surface area contributed by atoms with Crippen LogP contribution in [-0.2, 0) is 11.3 Å². The van der Waals surface area contributed by atoms with Crippen LogP contribution in [0.1, 0.15) is 44.0 Å². The lowest BCUT2D eigenvalue weighted by Gasteiger charge is -2.17. The number of hydrogen-bond acceptors (Lipinski definition) is 5. The standard InChI is InChI=1S/C21H26N6O2/c1-26(14-18-23-17-9-5-4-8-16(17)21(29)24-18)13-11-20(28)25-19-10-12-22-27(19)15-6-2-3-7-15/h4-5,8-10,12,15H,2-3,6-7,11,13-14H2,1H3,(H,25,28)(H,23,24,29). The number of benzene rings is 1. The van der Waals surface area contributed by atoms with Crippen LogP contribution in [0.15, 0.2) is 41.3 Å². The molecule has 4 rings (SSSR count). The number of fused-ring (bicyclic) bond motifs is 1. The van der Waals surface area contributed by atoms with Gasteiger partial charge in [-0.1, -0.05) is 25.0 Å². The first-order valence-electron chi connectivity index (χ1n) is 10.1. The smallest absolute Gasteiger partial charge is 0.258 e. The highest BCUT2D eigenvalue weighted by molar-refractivity contribution is 5.89. The van der Waals surface area contributed by atoms with Crippen LogP contribution < -0.4 is 10.9 Å². The lowest BCUT2D eigenvalue weighted by atomic mass is 10.2. The second-order valence-corrected chi connectivity index (χ2v) is 7.67. The number of carbonyl (C=O) groups is 1. The molecule has 2 heterocycles. The van der Waals surface area contributed by atoms with Gasteiger partial charge in [0.15, 0.2) is 0 Å². The van der Waals surface area contributed by atoms with Gasteiger partial charge in [-0.3, -0.25) is 14.5 Å². The molecule has 0 bridgehead atoms. The Bertz CT molecular complexity index is 1050. The summed E-state index contributed by atoms with van der Waals surface area (Å²) in [4.78, 5) is 33.9. The van der Waals surface area contributed by atoms with E-state index in [2.05, 4.69) is 20.4 Å². The Kier molecular flexibility index (Phi) is 5.71. The van der Waals surface area contributed by atoms with E-state index in [-0.39, 0.29) is 11.5 Å². The highest BCUT2D eigenvalue weighted by atomic mass is 16.1. The molecule has 1 aliphatic carbocycles. The van der Waals surface area contributed by atoms with Crippen LogP contribution in [-0.4, -0.2) is 44.1 Å². The molecular weight excluding hydrogens is 368 g/mol. The van der Waals surface area contributed by atoms with Crippen molar-refractivity contribution >= 4 is 22.6 Å². The Morgan fingerprint density at radius 2 is 2.07 bits per heavy atom. The maximum absolute atomic E-state index is 12.4. The zero-order valence-corrected chi connectivity index (χ0v) is 16.6. The summed E-state index contributed by atoms with van der Waals surface area (Å²) in [6, 6.07) is 9.51. The molecule has 1 fully saturated rings. The van der Waals surface area contributed by atoms with E-state index in [1.165, 1.54) is 12.8 Å². The molecule has 1 amide bonds. The summed E-state index contributed by atoms with van der Waals surface area (Å²) in [6.45, 7) is 1.02. The molecule has 152 valence electrons. The average molecular weight is 394 g/mol. The summed E-state index contributed by atoms with van der Waals surface area (Å²) in [5.74, 6) is 1.32. The molecule has 2 N–H and O–H groups in total. The third-order valence-electron chi connectivity index (χ3n) is 5.41. The first kappa shape index (κ1) is 19.3. The van der Waals surface area contributed by atoms with E-state index in [4.69, 9.17) is 0 Å². The van der Waals surface area contributed by atoms with E-state index < -0.39 is 0 Å². The highest BCUT2D eigenvalue weighted by Crippen LogP contribution is 2.31. The normalized spacial score (nSPS) is 14.7. The highest BCUT2D eigenvalue weighted by Gasteiger charge is 2.20. The molecule has 3 aromatic rings. The van der Waals surface area contributed by atoms with Crippen LogP contribution in [0.5, 0.6) is 0 Å². The van der Waals surface area contributed by atoms with Gasteiger partial charge in [0.05, 0.1) is 29.7 Å². The molecule has 29 heavy (non-hydrogen) atoms. The van der Waals surface area contributed by atoms with E-state index >= 15 is 0 Å². The number of aromatic amines is 1. The number of carbonyl (C=O) groups excluding carboxylic acids is 1. The van der Waals surface area contributed by atoms with Gasteiger partial charge in [-0.15, -0.1) is 0 Å². The van der Waals surface area contributed by atoms with Crippen LogP contribution in [0.4, 0.5) is 5.82 Å². The van der Waals surface area contributed by atoms with E-state index in [1.807, 2.05) is 40.9 Å². The van der Waals surface area contributed by atoms with Gasteiger partial charge < -0.3 is 10.3 Å². The number of hydrogen-bond donors (Lipinski definition) is 2. The Morgan fingerprint density at radius 3 is 2.90 bits per heavy atom. The molecule has 0 aliphatic heterocycles. The van der Waals surface area contributed by atoms with E-state index in [0.717, 1.165) is 18.7 Å². The molecule has 0 atom stereocenters. The lowest BCUT2D eigenvalue weighted by molar-refractivity contribution is -0.116. The van der Waals surface area contributed by atoms with Crippen molar-refractivity contribution in [1.29, 1.82) is 0 Å². The molecule has 0 saturated heterocycles. The molecular formula is C21H26N6O2. The number of para-hydroxylation sites is 1. The summed E-state index contributed by atoms with van der Waals surface area (Å²) in [6.07, 6.45) is 6.75. The SMILES string of the molecule is CN(CCC(=O)Nc1ccnn1C1CCCC1)Cc1nc2ccccc2c(=O)[nH]1. The lowest BCUT2D eigenvalue weighted by Crippen LogP contribution is -2.26. The van der Waals surface area contributed by atoms with Crippen LogP contribution in [0, 0.1) is 0 Å². The monoisotopic (exact) mass is 394 g/mol. The number of nitrogens with zero attached hydrogens (tertiary/aromatic N) is 4. The fraction of sp³-hybridized carbons (Fsp3) is 0.429. The largest absolute Gasteiger partial charge is 0.311 e. The van der Waals surface area contributed by atoms with Crippen LogP contribution >= 0.6 is 0 Å². The first-order chi connectivity index (χ1) is 14.1. The van der Waals surface area contributed by atoms with E-state index in [9.17, 15) is 9.59 Å². The minimum Gasteiger partial charge on any atom is -0.311 e. The minimum absolute atomic E-state index is 0.0449. The molecule has 0 spiro atoms. The summed E-state index contributed by atoms with van der Waals surface area (Å²) in [5.41, 5.74) is 0.537. The number of rotatable bonds is 7. The molecule has 1 aromatic carbocycles. The maximum Gasteiger partial charge on any atom is 0.258 e. The Morgan fingerprint density at radius 1 is 1.28 bits per heavy atom. The summed E-state index contributed by atoms with van der Waals surface area (Å²) in [7, 11) is 1.91. The van der Waals surface area contributed by atoms with Gasteiger partial charge in [-0.2, -0.15) is 5.10 Å². The number of aromatic nitrogens is 4. The maximum atomic E-state index is 12.4. The molecule has 1 aliphatic rings. The quantitative estimate of drug-likeness (QED) is 0.642. The Hall–Kier alpha value is -3.00. The molecule has 0 radical (unpaired) electrons. The molecule has 0 unspecified atom stereocenters. The zero-order chi connectivity index (χ0) is 20.2. The van der Waals surface area contributed by atoms with Crippen molar-refractivity contribution in [3.63, 3.8) is 0 Å².